The lowest BCUT2D eigenvalue weighted by Crippen LogP contribution is -2.36. The fourth-order valence-corrected chi connectivity index (χ4v) is 4.03. The maximum absolute atomic E-state index is 12.6. The second-order valence-corrected chi connectivity index (χ2v) is 7.03. The Morgan fingerprint density at radius 2 is 2.00 bits per heavy atom. The van der Waals surface area contributed by atoms with Crippen LogP contribution in [0.15, 0.2) is 38.9 Å². The van der Waals surface area contributed by atoms with Gasteiger partial charge in [-0.05, 0) is 12.1 Å². The van der Waals surface area contributed by atoms with Gasteiger partial charge in [-0.3, -0.25) is 4.79 Å². The summed E-state index contributed by atoms with van der Waals surface area (Å²) >= 11 is 1.29. The summed E-state index contributed by atoms with van der Waals surface area (Å²) in [5.41, 5.74) is 8.26. The number of carbonyl (C=O) groups excluding carboxylic acids is 1. The lowest BCUT2D eigenvalue weighted by Gasteiger charge is -2.27. The van der Waals surface area contributed by atoms with E-state index in [1.54, 1.807) is 18.2 Å². The van der Waals surface area contributed by atoms with E-state index < -0.39 is 5.97 Å². The molecule has 0 spiro atoms. The molecule has 3 heterocycles. The molecule has 4 rings (SSSR count). The van der Waals surface area contributed by atoms with Gasteiger partial charge in [-0.25, -0.2) is 4.79 Å². The molecule has 27 heavy (non-hydrogen) atoms. The molecular formula is C19H18N2O5S. The number of methoxy groups -OCH3 is 1. The number of ether oxygens (including phenoxy) is 2. The first-order chi connectivity index (χ1) is 13.1. The van der Waals surface area contributed by atoms with Gasteiger partial charge in [-0.15, -0.1) is 11.3 Å². The number of hydrogen-bond acceptors (Lipinski definition) is 8. The number of nitrogens with two attached hydrogens (primary N) is 1. The third-order valence-electron chi connectivity index (χ3n) is 4.49. The van der Waals surface area contributed by atoms with Crippen LogP contribution in [0.4, 0.5) is 11.6 Å². The van der Waals surface area contributed by atoms with E-state index in [4.69, 9.17) is 19.6 Å². The monoisotopic (exact) mass is 386 g/mol. The second kappa shape index (κ2) is 7.05. The van der Waals surface area contributed by atoms with Gasteiger partial charge in [0.2, 0.25) is 5.43 Å². The number of hydrogen-bond donors (Lipinski definition) is 1. The van der Waals surface area contributed by atoms with Crippen LogP contribution in [0, 0.1) is 0 Å². The van der Waals surface area contributed by atoms with Crippen molar-refractivity contribution in [1.29, 1.82) is 0 Å². The number of carbonyl (C=O) groups is 1. The first-order valence-corrected chi connectivity index (χ1v) is 9.32. The van der Waals surface area contributed by atoms with Gasteiger partial charge in [-0.2, -0.15) is 0 Å². The van der Waals surface area contributed by atoms with Crippen molar-refractivity contribution in [2.75, 3.05) is 44.0 Å². The Kier molecular flexibility index (Phi) is 4.59. The van der Waals surface area contributed by atoms with Crippen LogP contribution in [0.25, 0.3) is 21.4 Å². The number of nitrogens with zero attached hydrogens (tertiary/aromatic N) is 1. The van der Waals surface area contributed by atoms with Crippen molar-refractivity contribution in [1.82, 2.24) is 0 Å². The van der Waals surface area contributed by atoms with Crippen molar-refractivity contribution in [3.05, 3.63) is 45.4 Å². The quantitative estimate of drug-likeness (QED) is 0.546. The molecule has 3 aromatic rings. The van der Waals surface area contributed by atoms with Gasteiger partial charge in [-0.1, -0.05) is 6.07 Å². The van der Waals surface area contributed by atoms with Crippen LogP contribution in [0.2, 0.25) is 0 Å². The zero-order valence-electron chi connectivity index (χ0n) is 14.7. The van der Waals surface area contributed by atoms with Crippen molar-refractivity contribution in [2.45, 2.75) is 0 Å². The molecule has 2 N–H and O–H groups in total. The number of fused-ring (bicyclic) bond motifs is 1. The molecule has 0 bridgehead atoms. The number of anilines is 2. The summed E-state index contributed by atoms with van der Waals surface area (Å²) < 4.78 is 16.9. The molecule has 0 atom stereocenters. The lowest BCUT2D eigenvalue weighted by atomic mass is 10.0. The molecule has 0 aliphatic carbocycles. The molecular weight excluding hydrogens is 368 g/mol. The fraction of sp³-hybridized carbons (Fsp3) is 0.263. The predicted molar refractivity (Wildman–Crippen MR) is 105 cm³/mol. The molecule has 0 saturated carbocycles. The Balaban J connectivity index is 1.89. The average molecular weight is 386 g/mol. The Hall–Kier alpha value is -2.84. The normalized spacial score (nSPS) is 14.5. The highest BCUT2D eigenvalue weighted by Gasteiger charge is 2.21. The Bertz CT molecular complexity index is 1070. The van der Waals surface area contributed by atoms with E-state index in [1.807, 2.05) is 10.3 Å². The highest BCUT2D eigenvalue weighted by atomic mass is 32.1. The zero-order chi connectivity index (χ0) is 19.0. The first kappa shape index (κ1) is 17.6. The van der Waals surface area contributed by atoms with Gasteiger partial charge in [0.05, 0.1) is 25.9 Å². The minimum atomic E-state index is -0.497. The van der Waals surface area contributed by atoms with E-state index in [1.165, 1.54) is 24.5 Å². The summed E-state index contributed by atoms with van der Waals surface area (Å²) in [7, 11) is 1.32. The number of thiophene rings is 1. The Morgan fingerprint density at radius 3 is 2.74 bits per heavy atom. The third kappa shape index (κ3) is 3.17. The molecule has 0 radical (unpaired) electrons. The highest BCUT2D eigenvalue weighted by Crippen LogP contribution is 2.37. The summed E-state index contributed by atoms with van der Waals surface area (Å²) in [5, 5.41) is 1.82. The van der Waals surface area contributed by atoms with Crippen molar-refractivity contribution >= 4 is 39.2 Å². The molecule has 1 aliphatic heterocycles. The van der Waals surface area contributed by atoms with Crippen molar-refractivity contribution in [3.8, 4) is 11.1 Å². The largest absolute Gasteiger partial charge is 0.465 e. The van der Waals surface area contributed by atoms with Crippen LogP contribution >= 0.6 is 11.3 Å². The molecule has 1 saturated heterocycles. The van der Waals surface area contributed by atoms with E-state index >= 15 is 0 Å². The smallest absolute Gasteiger partial charge is 0.338 e. The second-order valence-electron chi connectivity index (χ2n) is 6.15. The summed E-state index contributed by atoms with van der Waals surface area (Å²) in [5.74, 6) is 0.00819. The standard InChI is InChI=1S/C19H18N2O5S/c1-24-19(23)13-8-11(20)2-3-12(13)14-10-27-18-15(22)9-16(26-17(14)18)21-4-6-25-7-5-21/h2-3,8-10H,4-7,20H2,1H3. The summed E-state index contributed by atoms with van der Waals surface area (Å²) in [6.45, 7) is 2.48. The summed E-state index contributed by atoms with van der Waals surface area (Å²) in [6, 6.07) is 6.52. The van der Waals surface area contributed by atoms with E-state index in [2.05, 4.69) is 0 Å². The number of rotatable bonds is 3. The highest BCUT2D eigenvalue weighted by molar-refractivity contribution is 7.17. The van der Waals surface area contributed by atoms with Crippen LogP contribution in [0.1, 0.15) is 10.4 Å². The third-order valence-corrected chi connectivity index (χ3v) is 5.47. The van der Waals surface area contributed by atoms with E-state index in [0.717, 1.165) is 0 Å². The summed E-state index contributed by atoms with van der Waals surface area (Å²) in [4.78, 5) is 26.8. The first-order valence-electron chi connectivity index (χ1n) is 8.44. The lowest BCUT2D eigenvalue weighted by molar-refractivity contribution is 0.0601. The van der Waals surface area contributed by atoms with Crippen LogP contribution in [-0.4, -0.2) is 39.4 Å². The number of morpholine rings is 1. The van der Waals surface area contributed by atoms with Gasteiger partial charge in [0.25, 0.3) is 0 Å². The van der Waals surface area contributed by atoms with Gasteiger partial charge in [0.1, 0.15) is 4.70 Å². The van der Waals surface area contributed by atoms with Crippen LogP contribution in [0.3, 0.4) is 0 Å². The zero-order valence-corrected chi connectivity index (χ0v) is 15.5. The minimum absolute atomic E-state index is 0.107. The van der Waals surface area contributed by atoms with Gasteiger partial charge in [0.15, 0.2) is 11.5 Å². The summed E-state index contributed by atoms with van der Waals surface area (Å²) in [6.07, 6.45) is 0. The van der Waals surface area contributed by atoms with Crippen molar-refractivity contribution in [3.63, 3.8) is 0 Å². The molecule has 140 valence electrons. The average Bonchev–Trinajstić information content (AvgIpc) is 3.12. The molecule has 2 aromatic heterocycles. The molecule has 7 nitrogen and oxygen atoms in total. The maximum Gasteiger partial charge on any atom is 0.338 e. The van der Waals surface area contributed by atoms with Crippen LogP contribution < -0.4 is 16.1 Å². The topological polar surface area (TPSA) is 95.0 Å². The van der Waals surface area contributed by atoms with Crippen molar-refractivity contribution < 1.29 is 18.7 Å². The van der Waals surface area contributed by atoms with E-state index in [-0.39, 0.29) is 5.43 Å². The number of benzene rings is 1. The molecule has 1 fully saturated rings. The molecule has 0 unspecified atom stereocenters. The minimum Gasteiger partial charge on any atom is -0.465 e. The van der Waals surface area contributed by atoms with Gasteiger partial charge < -0.3 is 24.5 Å². The number of esters is 1. The molecule has 0 amide bonds. The molecule has 8 heteroatoms. The van der Waals surface area contributed by atoms with Gasteiger partial charge >= 0.3 is 5.97 Å². The van der Waals surface area contributed by atoms with E-state index in [0.29, 0.717) is 64.8 Å². The maximum atomic E-state index is 12.6. The fourth-order valence-electron chi connectivity index (χ4n) is 3.13. The Labute approximate surface area is 158 Å². The van der Waals surface area contributed by atoms with Gasteiger partial charge in [0, 0.05) is 41.4 Å². The predicted octanol–water partition coefficient (Wildman–Crippen LogP) is 2.73. The number of nitrogen functional groups attached to an aromatic ring is 1. The molecule has 1 aliphatic rings. The van der Waals surface area contributed by atoms with Crippen LogP contribution in [-0.2, 0) is 9.47 Å². The van der Waals surface area contributed by atoms with Crippen molar-refractivity contribution in [2.24, 2.45) is 0 Å². The van der Waals surface area contributed by atoms with E-state index in [9.17, 15) is 9.59 Å². The molecule has 1 aromatic carbocycles. The Morgan fingerprint density at radius 1 is 1.22 bits per heavy atom. The SMILES string of the molecule is COC(=O)c1cc(N)ccc1-c1csc2c(=O)cc(N3CCOCC3)oc12. The van der Waals surface area contributed by atoms with Crippen LogP contribution in [0.5, 0.6) is 0 Å².